The second-order valence-electron chi connectivity index (χ2n) is 6.52. The second-order valence-corrected chi connectivity index (χ2v) is 7.52. The number of aliphatic hydroxyl groups is 1. The third kappa shape index (κ3) is 9.66. The van der Waals surface area contributed by atoms with Gasteiger partial charge in [-0.1, -0.05) is 0 Å². The van der Waals surface area contributed by atoms with Crippen LogP contribution in [0.4, 0.5) is 0 Å². The summed E-state index contributed by atoms with van der Waals surface area (Å²) >= 11 is 1.83. The number of imidazole rings is 1. The predicted molar refractivity (Wildman–Crippen MR) is 111 cm³/mol. The van der Waals surface area contributed by atoms with Crippen LogP contribution in [-0.4, -0.2) is 74.3 Å². The van der Waals surface area contributed by atoms with Gasteiger partial charge >= 0.3 is 0 Å². The summed E-state index contributed by atoms with van der Waals surface area (Å²) in [6.45, 7) is 7.59. The molecule has 1 aliphatic rings. The normalized spacial score (nSPS) is 13.3. The van der Waals surface area contributed by atoms with Crippen molar-refractivity contribution >= 4 is 24.3 Å². The molecule has 3 rings (SSSR count). The van der Waals surface area contributed by atoms with E-state index < -0.39 is 0 Å². The molecule has 9 nitrogen and oxygen atoms in total. The molecule has 0 unspecified atom stereocenters. The van der Waals surface area contributed by atoms with Gasteiger partial charge in [0.2, 0.25) is 0 Å². The number of hydrogen-bond acceptors (Lipinski definition) is 7. The fraction of sp³-hybridized carbons (Fsp3) is 0.526. The first-order valence-corrected chi connectivity index (χ1v) is 10.2. The summed E-state index contributed by atoms with van der Waals surface area (Å²) in [5.41, 5.74) is 3.59. The van der Waals surface area contributed by atoms with E-state index in [1.165, 1.54) is 36.4 Å². The zero-order valence-electron chi connectivity index (χ0n) is 16.7. The molecule has 0 aromatic carbocycles. The molecule has 2 aromatic rings. The van der Waals surface area contributed by atoms with Gasteiger partial charge in [-0.15, -0.1) is 11.3 Å². The van der Waals surface area contributed by atoms with Crippen molar-refractivity contribution in [2.45, 2.75) is 39.4 Å². The molecule has 0 atom stereocenters. The molecule has 162 valence electrons. The van der Waals surface area contributed by atoms with Crippen molar-refractivity contribution in [1.82, 2.24) is 19.8 Å². The SMILES string of the molecule is Cc1[nH]cnc1CN(CCO)Cc1cc(CN2CCCC2)cs1.O=CO.O=CO. The van der Waals surface area contributed by atoms with Crippen molar-refractivity contribution < 1.29 is 24.9 Å². The van der Waals surface area contributed by atoms with E-state index in [2.05, 4.69) is 31.2 Å². The standard InChI is InChI=1S/C17H26N4OS.2CH2O2/c1-14-17(19-13-18-14)11-21(6-7-22)10-16-8-15(12-23-16)9-20-4-2-3-5-20;2*2-1-3/h8,12-13,22H,2-7,9-11H2,1H3,(H,18,19);2*1H,(H,2,3). The lowest BCUT2D eigenvalue weighted by Crippen LogP contribution is -2.26. The maximum absolute atomic E-state index is 9.33. The molecule has 0 bridgehead atoms. The molecule has 10 heteroatoms. The number of aliphatic hydroxyl groups excluding tert-OH is 1. The van der Waals surface area contributed by atoms with Crippen LogP contribution in [0.25, 0.3) is 0 Å². The van der Waals surface area contributed by atoms with Crippen LogP contribution >= 0.6 is 11.3 Å². The molecule has 2 aromatic heterocycles. The quantitative estimate of drug-likeness (QED) is 0.470. The van der Waals surface area contributed by atoms with Crippen molar-refractivity contribution in [3.63, 3.8) is 0 Å². The molecule has 0 amide bonds. The van der Waals surface area contributed by atoms with Crippen molar-refractivity contribution in [3.8, 4) is 0 Å². The minimum Gasteiger partial charge on any atom is -0.483 e. The average molecular weight is 427 g/mol. The summed E-state index contributed by atoms with van der Waals surface area (Å²) in [5.74, 6) is 0. The number of aromatic nitrogens is 2. The predicted octanol–water partition coefficient (Wildman–Crippen LogP) is 1.77. The smallest absolute Gasteiger partial charge is 0.290 e. The highest BCUT2D eigenvalue weighted by molar-refractivity contribution is 7.10. The Hall–Kier alpha value is -2.27. The number of nitrogens with one attached hydrogen (secondary N) is 1. The minimum absolute atomic E-state index is 0.176. The first kappa shape index (κ1) is 24.8. The topological polar surface area (TPSA) is 130 Å². The maximum atomic E-state index is 9.33. The Bertz CT molecular complexity index is 694. The lowest BCUT2D eigenvalue weighted by Gasteiger charge is -2.19. The van der Waals surface area contributed by atoms with Crippen LogP contribution in [0.15, 0.2) is 17.8 Å². The first-order chi connectivity index (χ1) is 14.1. The number of carboxylic acid groups (broad SMARTS) is 2. The molecular formula is C19H30N4O5S. The number of nitrogens with zero attached hydrogens (tertiary/aromatic N) is 3. The number of aryl methyl sites for hydroxylation is 1. The molecule has 0 radical (unpaired) electrons. The van der Waals surface area contributed by atoms with E-state index >= 15 is 0 Å². The number of rotatable bonds is 8. The third-order valence-electron chi connectivity index (χ3n) is 4.42. The Kier molecular flexibility index (Phi) is 12.5. The highest BCUT2D eigenvalue weighted by Gasteiger charge is 2.14. The van der Waals surface area contributed by atoms with E-state index in [9.17, 15) is 5.11 Å². The number of hydrogen-bond donors (Lipinski definition) is 4. The number of thiophene rings is 1. The van der Waals surface area contributed by atoms with Gasteiger partial charge in [0, 0.05) is 36.8 Å². The van der Waals surface area contributed by atoms with Gasteiger partial charge < -0.3 is 20.3 Å². The summed E-state index contributed by atoms with van der Waals surface area (Å²) in [7, 11) is 0. The third-order valence-corrected chi connectivity index (χ3v) is 5.39. The molecule has 29 heavy (non-hydrogen) atoms. The molecule has 1 saturated heterocycles. The van der Waals surface area contributed by atoms with Gasteiger partial charge in [-0.2, -0.15) is 0 Å². The van der Waals surface area contributed by atoms with Crippen molar-refractivity contribution in [1.29, 1.82) is 0 Å². The first-order valence-electron chi connectivity index (χ1n) is 9.34. The molecule has 4 N–H and O–H groups in total. The average Bonchev–Trinajstić information content (AvgIpc) is 3.42. The largest absolute Gasteiger partial charge is 0.483 e. The molecule has 0 aliphatic carbocycles. The van der Waals surface area contributed by atoms with Gasteiger partial charge in [0.1, 0.15) is 0 Å². The summed E-state index contributed by atoms with van der Waals surface area (Å²) in [6, 6.07) is 2.32. The Morgan fingerprint density at radius 1 is 1.24 bits per heavy atom. The van der Waals surface area contributed by atoms with Gasteiger partial charge in [-0.05, 0) is 49.9 Å². The Labute approximate surface area is 174 Å². The van der Waals surface area contributed by atoms with Crippen LogP contribution < -0.4 is 0 Å². The molecule has 1 fully saturated rings. The zero-order chi connectivity index (χ0) is 21.5. The summed E-state index contributed by atoms with van der Waals surface area (Å²) in [4.78, 5) is 30.4. The van der Waals surface area contributed by atoms with E-state index in [0.717, 1.165) is 31.0 Å². The molecular weight excluding hydrogens is 396 g/mol. The highest BCUT2D eigenvalue weighted by Crippen LogP contribution is 2.21. The number of aromatic amines is 1. The molecule has 0 saturated carbocycles. The van der Waals surface area contributed by atoms with E-state index in [0.29, 0.717) is 6.54 Å². The van der Waals surface area contributed by atoms with Crippen LogP contribution in [0.5, 0.6) is 0 Å². The van der Waals surface area contributed by atoms with Crippen LogP contribution in [-0.2, 0) is 29.2 Å². The van der Waals surface area contributed by atoms with Gasteiger partial charge in [-0.25, -0.2) is 4.98 Å². The molecule has 0 spiro atoms. The second kappa shape index (κ2) is 14.7. The van der Waals surface area contributed by atoms with Gasteiger partial charge in [-0.3, -0.25) is 19.4 Å². The van der Waals surface area contributed by atoms with E-state index in [-0.39, 0.29) is 19.6 Å². The van der Waals surface area contributed by atoms with Crippen LogP contribution in [0.3, 0.4) is 0 Å². The van der Waals surface area contributed by atoms with Crippen molar-refractivity contribution in [2.75, 3.05) is 26.2 Å². The van der Waals surface area contributed by atoms with E-state index in [1.807, 2.05) is 18.3 Å². The number of carbonyl (C=O) groups is 2. The van der Waals surface area contributed by atoms with Crippen molar-refractivity contribution in [3.05, 3.63) is 39.6 Å². The fourth-order valence-corrected chi connectivity index (χ4v) is 4.05. The fourth-order valence-electron chi connectivity index (χ4n) is 3.13. The molecule has 3 heterocycles. The maximum Gasteiger partial charge on any atom is 0.290 e. The summed E-state index contributed by atoms with van der Waals surface area (Å²) in [5, 5.41) is 25.4. The minimum atomic E-state index is -0.250. The van der Waals surface area contributed by atoms with Crippen molar-refractivity contribution in [2.24, 2.45) is 0 Å². The number of likely N-dealkylation sites (tertiary alicyclic amines) is 1. The monoisotopic (exact) mass is 426 g/mol. The van der Waals surface area contributed by atoms with Gasteiger partial charge in [0.25, 0.3) is 12.9 Å². The Balaban J connectivity index is 0.000000626. The Morgan fingerprint density at radius 2 is 1.90 bits per heavy atom. The van der Waals surface area contributed by atoms with Gasteiger partial charge in [0.15, 0.2) is 0 Å². The Morgan fingerprint density at radius 3 is 2.45 bits per heavy atom. The summed E-state index contributed by atoms with van der Waals surface area (Å²) in [6.07, 6.45) is 4.41. The lowest BCUT2D eigenvalue weighted by molar-refractivity contribution is -0.123. The van der Waals surface area contributed by atoms with Gasteiger partial charge in [0.05, 0.1) is 18.6 Å². The molecule has 1 aliphatic heterocycles. The number of H-pyrrole nitrogens is 1. The zero-order valence-corrected chi connectivity index (χ0v) is 17.5. The van der Waals surface area contributed by atoms with Crippen LogP contribution in [0.2, 0.25) is 0 Å². The lowest BCUT2D eigenvalue weighted by atomic mass is 10.2. The van der Waals surface area contributed by atoms with Crippen LogP contribution in [0, 0.1) is 6.92 Å². The van der Waals surface area contributed by atoms with Crippen LogP contribution in [0.1, 0.15) is 34.7 Å². The van der Waals surface area contributed by atoms with E-state index in [1.54, 1.807) is 6.33 Å². The summed E-state index contributed by atoms with van der Waals surface area (Å²) < 4.78 is 0. The highest BCUT2D eigenvalue weighted by atomic mass is 32.1. The van der Waals surface area contributed by atoms with E-state index in [4.69, 9.17) is 19.8 Å².